The van der Waals surface area contributed by atoms with Crippen molar-refractivity contribution in [3.8, 4) is 11.5 Å². The van der Waals surface area contributed by atoms with E-state index in [1.54, 1.807) is 32.6 Å². The van der Waals surface area contributed by atoms with Gasteiger partial charge in [-0.2, -0.15) is 5.10 Å². The number of ether oxygens (including phenoxy) is 2. The maximum absolute atomic E-state index is 12.5. The maximum atomic E-state index is 12.5. The number of hydrogen-bond acceptors (Lipinski definition) is 4. The molecule has 0 fully saturated rings. The van der Waals surface area contributed by atoms with Crippen LogP contribution in [0.5, 0.6) is 11.5 Å². The van der Waals surface area contributed by atoms with E-state index in [9.17, 15) is 4.79 Å². The molecule has 0 spiro atoms. The van der Waals surface area contributed by atoms with Gasteiger partial charge in [-0.05, 0) is 42.3 Å². The number of rotatable bonds is 8. The summed E-state index contributed by atoms with van der Waals surface area (Å²) in [5, 5.41) is 6.04. The number of halogens is 1. The Morgan fingerprint density at radius 3 is 2.53 bits per heavy atom. The first-order valence-corrected chi connectivity index (χ1v) is 11.2. The van der Waals surface area contributed by atoms with Gasteiger partial charge in [-0.25, -0.2) is 5.43 Å². The Morgan fingerprint density at radius 1 is 1.03 bits per heavy atom. The molecule has 34 heavy (non-hydrogen) atoms. The number of amides is 1. The molecule has 1 aromatic heterocycles. The molecule has 0 radical (unpaired) electrons. The van der Waals surface area contributed by atoms with Crippen molar-refractivity contribution in [3.05, 3.63) is 94.1 Å². The van der Waals surface area contributed by atoms with Crippen LogP contribution < -0.4 is 14.9 Å². The van der Waals surface area contributed by atoms with E-state index in [2.05, 4.69) is 27.2 Å². The van der Waals surface area contributed by atoms with E-state index >= 15 is 0 Å². The molecule has 3 aromatic carbocycles. The first-order chi connectivity index (χ1) is 16.5. The van der Waals surface area contributed by atoms with Gasteiger partial charge in [0.15, 0.2) is 11.5 Å². The highest BCUT2D eigenvalue weighted by atomic mass is 35.5. The normalized spacial score (nSPS) is 11.2. The van der Waals surface area contributed by atoms with E-state index in [1.165, 1.54) is 0 Å². The molecule has 0 aliphatic carbocycles. The van der Waals surface area contributed by atoms with Crippen molar-refractivity contribution in [2.24, 2.45) is 5.10 Å². The molecule has 0 bridgehead atoms. The molecule has 7 heteroatoms. The Morgan fingerprint density at radius 2 is 1.76 bits per heavy atom. The standard InChI is InChI=1S/C27H26ClN3O3/c1-18-22(16-29-30-27(32)15-19-12-13-25(33-2)26(14-19)34-3)21-9-5-7-11-24(21)31(18)17-20-8-4-6-10-23(20)28/h4-14,16H,15,17H2,1-3H3,(H,30,32)/b29-16-. The maximum Gasteiger partial charge on any atom is 0.244 e. The summed E-state index contributed by atoms with van der Waals surface area (Å²) in [5.74, 6) is 0.979. The van der Waals surface area contributed by atoms with Gasteiger partial charge in [0, 0.05) is 33.7 Å². The number of hydrazone groups is 1. The van der Waals surface area contributed by atoms with E-state index in [-0.39, 0.29) is 12.3 Å². The molecule has 0 unspecified atom stereocenters. The van der Waals surface area contributed by atoms with E-state index in [1.807, 2.05) is 49.4 Å². The number of benzene rings is 3. The number of carbonyl (C=O) groups is 1. The Hall–Kier alpha value is -3.77. The monoisotopic (exact) mass is 475 g/mol. The molecule has 4 aromatic rings. The number of hydrogen-bond donors (Lipinski definition) is 1. The summed E-state index contributed by atoms with van der Waals surface area (Å²) in [6.45, 7) is 2.69. The summed E-state index contributed by atoms with van der Waals surface area (Å²) < 4.78 is 12.8. The van der Waals surface area contributed by atoms with Crippen molar-refractivity contribution in [1.82, 2.24) is 9.99 Å². The molecule has 1 amide bonds. The SMILES string of the molecule is COc1ccc(CC(=O)N/N=C\c2c(C)n(Cc3ccccc3Cl)c3ccccc23)cc1OC. The molecular formula is C27H26ClN3O3. The van der Waals surface area contributed by atoms with E-state index < -0.39 is 0 Å². The van der Waals surface area contributed by atoms with Crippen LogP contribution in [0.2, 0.25) is 5.02 Å². The molecule has 1 N–H and O–H groups in total. The predicted molar refractivity (Wildman–Crippen MR) is 136 cm³/mol. The highest BCUT2D eigenvalue weighted by Crippen LogP contribution is 2.28. The number of carbonyl (C=O) groups excluding carboxylic acids is 1. The summed E-state index contributed by atoms with van der Waals surface area (Å²) in [7, 11) is 3.14. The topological polar surface area (TPSA) is 64.8 Å². The van der Waals surface area contributed by atoms with Crippen molar-refractivity contribution in [3.63, 3.8) is 0 Å². The minimum atomic E-state index is -0.221. The van der Waals surface area contributed by atoms with E-state index in [0.717, 1.165) is 38.3 Å². The lowest BCUT2D eigenvalue weighted by molar-refractivity contribution is -0.120. The van der Waals surface area contributed by atoms with Gasteiger partial charge in [-0.3, -0.25) is 4.79 Å². The molecule has 0 saturated heterocycles. The summed E-state index contributed by atoms with van der Waals surface area (Å²) in [6.07, 6.45) is 1.87. The third-order valence-electron chi connectivity index (χ3n) is 5.76. The quantitative estimate of drug-likeness (QED) is 0.275. The van der Waals surface area contributed by atoms with Crippen LogP contribution in [-0.4, -0.2) is 30.9 Å². The lowest BCUT2D eigenvalue weighted by Gasteiger charge is -2.10. The zero-order chi connectivity index (χ0) is 24.1. The molecule has 0 aliphatic heterocycles. The lowest BCUT2D eigenvalue weighted by Crippen LogP contribution is -2.19. The van der Waals surface area contributed by atoms with Crippen molar-refractivity contribution in [2.45, 2.75) is 19.9 Å². The molecule has 1 heterocycles. The number of fused-ring (bicyclic) bond motifs is 1. The van der Waals surface area contributed by atoms with Gasteiger partial charge in [0.1, 0.15) is 0 Å². The summed E-state index contributed by atoms with van der Waals surface area (Å²) in [4.78, 5) is 12.5. The zero-order valence-electron chi connectivity index (χ0n) is 19.3. The van der Waals surface area contributed by atoms with Gasteiger partial charge in [0.25, 0.3) is 0 Å². The third kappa shape index (κ3) is 4.92. The Balaban J connectivity index is 1.53. The molecular weight excluding hydrogens is 450 g/mol. The fourth-order valence-corrected chi connectivity index (χ4v) is 4.20. The van der Waals surface area contributed by atoms with Gasteiger partial charge < -0.3 is 14.0 Å². The highest BCUT2D eigenvalue weighted by Gasteiger charge is 2.14. The zero-order valence-corrected chi connectivity index (χ0v) is 20.1. The fraction of sp³-hybridized carbons (Fsp3) is 0.185. The van der Waals surface area contributed by atoms with E-state index in [4.69, 9.17) is 21.1 Å². The van der Waals surface area contributed by atoms with Crippen LogP contribution in [0.25, 0.3) is 10.9 Å². The highest BCUT2D eigenvalue weighted by molar-refractivity contribution is 6.31. The van der Waals surface area contributed by atoms with Crippen molar-refractivity contribution in [2.75, 3.05) is 14.2 Å². The second-order valence-corrected chi connectivity index (χ2v) is 8.26. The van der Waals surface area contributed by atoms with Gasteiger partial charge in [-0.15, -0.1) is 0 Å². The number of aromatic nitrogens is 1. The van der Waals surface area contributed by atoms with Gasteiger partial charge in [-0.1, -0.05) is 54.1 Å². The van der Waals surface area contributed by atoms with Crippen molar-refractivity contribution in [1.29, 1.82) is 0 Å². The first-order valence-electron chi connectivity index (χ1n) is 10.9. The molecule has 6 nitrogen and oxygen atoms in total. The van der Waals surface area contributed by atoms with E-state index in [0.29, 0.717) is 18.0 Å². The fourth-order valence-electron chi connectivity index (χ4n) is 4.01. The largest absolute Gasteiger partial charge is 0.493 e. The molecule has 174 valence electrons. The Labute approximate surface area is 203 Å². The average Bonchev–Trinajstić information content (AvgIpc) is 3.11. The molecule has 0 saturated carbocycles. The van der Waals surface area contributed by atoms with Crippen LogP contribution in [0, 0.1) is 6.92 Å². The number of para-hydroxylation sites is 1. The second-order valence-electron chi connectivity index (χ2n) is 7.85. The molecule has 0 atom stereocenters. The second kappa shape index (κ2) is 10.4. The molecule has 0 aliphatic rings. The summed E-state index contributed by atoms with van der Waals surface area (Å²) in [6, 6.07) is 21.4. The van der Waals surface area contributed by atoms with Crippen LogP contribution in [0.4, 0.5) is 0 Å². The van der Waals surface area contributed by atoms with Gasteiger partial charge in [0.05, 0.1) is 26.9 Å². The molecule has 4 rings (SSSR count). The number of methoxy groups -OCH3 is 2. The predicted octanol–water partition coefficient (Wildman–Crippen LogP) is 5.36. The Kier molecular flexibility index (Phi) is 7.18. The van der Waals surface area contributed by atoms with Crippen LogP contribution in [0.15, 0.2) is 71.8 Å². The van der Waals surface area contributed by atoms with Crippen LogP contribution in [0.1, 0.15) is 22.4 Å². The van der Waals surface area contributed by atoms with Crippen LogP contribution in [0.3, 0.4) is 0 Å². The smallest absolute Gasteiger partial charge is 0.244 e. The van der Waals surface area contributed by atoms with Gasteiger partial charge in [0.2, 0.25) is 5.91 Å². The summed E-state index contributed by atoms with van der Waals surface area (Å²) >= 11 is 6.40. The average molecular weight is 476 g/mol. The number of nitrogens with one attached hydrogen (secondary N) is 1. The third-order valence-corrected chi connectivity index (χ3v) is 6.13. The van der Waals surface area contributed by atoms with Crippen molar-refractivity contribution < 1.29 is 14.3 Å². The minimum absolute atomic E-state index is 0.172. The van der Waals surface area contributed by atoms with Gasteiger partial charge >= 0.3 is 0 Å². The van der Waals surface area contributed by atoms with Crippen LogP contribution in [-0.2, 0) is 17.8 Å². The van der Waals surface area contributed by atoms with Crippen LogP contribution >= 0.6 is 11.6 Å². The minimum Gasteiger partial charge on any atom is -0.493 e. The Bertz CT molecular complexity index is 1360. The summed E-state index contributed by atoms with van der Waals surface area (Å²) in [5.41, 5.74) is 7.55. The lowest BCUT2D eigenvalue weighted by atomic mass is 10.1. The van der Waals surface area contributed by atoms with Crippen molar-refractivity contribution >= 4 is 34.6 Å². The number of nitrogens with zero attached hydrogens (tertiary/aromatic N) is 2. The first kappa shape index (κ1) is 23.4.